The molecule has 142 valence electrons. The summed E-state index contributed by atoms with van der Waals surface area (Å²) in [6.07, 6.45) is 4.07. The fraction of sp³-hybridized carbons (Fsp3) is 0.150. The van der Waals surface area contributed by atoms with Gasteiger partial charge in [0.15, 0.2) is 17.3 Å². The number of H-pyrrole nitrogens is 1. The molecular formula is C20H18N4O3S. The van der Waals surface area contributed by atoms with Gasteiger partial charge < -0.3 is 14.6 Å². The van der Waals surface area contributed by atoms with Gasteiger partial charge in [-0.15, -0.1) is 11.3 Å². The number of nitrogens with one attached hydrogen (secondary N) is 1. The van der Waals surface area contributed by atoms with E-state index in [0.717, 1.165) is 20.9 Å². The van der Waals surface area contributed by atoms with Crippen molar-refractivity contribution in [3.05, 3.63) is 66.2 Å². The molecular weight excluding hydrogens is 376 g/mol. The summed E-state index contributed by atoms with van der Waals surface area (Å²) >= 11 is 1.53. The minimum absolute atomic E-state index is 0.560. The molecule has 3 heterocycles. The summed E-state index contributed by atoms with van der Waals surface area (Å²) < 4.78 is 10.7. The summed E-state index contributed by atoms with van der Waals surface area (Å²) in [5.74, 6) is 1.78. The first kappa shape index (κ1) is 18.1. The van der Waals surface area contributed by atoms with Crippen LogP contribution < -0.4 is 9.47 Å². The Morgan fingerprint density at radius 2 is 1.82 bits per heavy atom. The van der Waals surface area contributed by atoms with E-state index < -0.39 is 6.10 Å². The first-order valence-electron chi connectivity index (χ1n) is 8.51. The molecule has 0 fully saturated rings. The Labute approximate surface area is 165 Å². The standard InChI is InChI=1S/C20H18N4O3S/c1-26-15-4-3-13(9-16(15)27-2)18(25)14-10-17(12-5-7-21-8-6-12)28-19(14)20-22-11-23-24-20/h3-11,18,25H,1-2H3,(H,22,23,24). The van der Waals surface area contributed by atoms with Gasteiger partial charge in [-0.2, -0.15) is 5.10 Å². The Morgan fingerprint density at radius 3 is 2.50 bits per heavy atom. The number of methoxy groups -OCH3 is 2. The van der Waals surface area contributed by atoms with Crippen molar-refractivity contribution >= 4 is 11.3 Å². The molecule has 28 heavy (non-hydrogen) atoms. The normalized spacial score (nSPS) is 12.0. The van der Waals surface area contributed by atoms with Gasteiger partial charge in [-0.3, -0.25) is 10.1 Å². The van der Waals surface area contributed by atoms with Gasteiger partial charge in [-0.05, 0) is 41.5 Å². The van der Waals surface area contributed by atoms with E-state index >= 15 is 0 Å². The fourth-order valence-corrected chi connectivity index (χ4v) is 4.11. The predicted octanol–water partition coefficient (Wildman–Crippen LogP) is 3.69. The van der Waals surface area contributed by atoms with E-state index in [-0.39, 0.29) is 0 Å². The molecule has 0 aliphatic heterocycles. The summed E-state index contributed by atoms with van der Waals surface area (Å²) in [7, 11) is 3.15. The molecule has 0 saturated heterocycles. The predicted molar refractivity (Wildman–Crippen MR) is 107 cm³/mol. The Morgan fingerprint density at radius 1 is 1.04 bits per heavy atom. The van der Waals surface area contributed by atoms with Gasteiger partial charge in [0.05, 0.1) is 19.1 Å². The molecule has 0 saturated carbocycles. The molecule has 1 aromatic carbocycles. The smallest absolute Gasteiger partial charge is 0.165 e. The van der Waals surface area contributed by atoms with Crippen LogP contribution in [-0.2, 0) is 0 Å². The van der Waals surface area contributed by atoms with E-state index in [1.165, 1.54) is 17.7 Å². The van der Waals surface area contributed by atoms with Crippen LogP contribution in [0.5, 0.6) is 11.5 Å². The van der Waals surface area contributed by atoms with E-state index in [2.05, 4.69) is 20.2 Å². The lowest BCUT2D eigenvalue weighted by molar-refractivity contribution is 0.220. The number of rotatable bonds is 6. The first-order chi connectivity index (χ1) is 13.7. The quantitative estimate of drug-likeness (QED) is 0.518. The third kappa shape index (κ3) is 3.35. The van der Waals surface area contributed by atoms with Gasteiger partial charge in [-0.1, -0.05) is 6.07 Å². The Kier molecular flexibility index (Phi) is 5.05. The van der Waals surface area contributed by atoms with Crippen molar-refractivity contribution in [2.45, 2.75) is 6.10 Å². The number of aromatic nitrogens is 4. The number of aliphatic hydroxyl groups excluding tert-OH is 1. The van der Waals surface area contributed by atoms with Crippen LogP contribution in [0.25, 0.3) is 21.1 Å². The van der Waals surface area contributed by atoms with Crippen molar-refractivity contribution in [3.8, 4) is 32.6 Å². The fourth-order valence-electron chi connectivity index (χ4n) is 2.97. The number of benzene rings is 1. The van der Waals surface area contributed by atoms with Crippen molar-refractivity contribution in [3.63, 3.8) is 0 Å². The van der Waals surface area contributed by atoms with E-state index in [1.807, 2.05) is 24.3 Å². The number of ether oxygens (including phenoxy) is 2. The molecule has 0 bridgehead atoms. The van der Waals surface area contributed by atoms with Crippen molar-refractivity contribution in [2.75, 3.05) is 14.2 Å². The third-order valence-electron chi connectivity index (χ3n) is 4.37. The molecule has 4 aromatic rings. The lowest BCUT2D eigenvalue weighted by Gasteiger charge is -2.14. The summed E-state index contributed by atoms with van der Waals surface area (Å²) in [5, 5.41) is 18.0. The van der Waals surface area contributed by atoms with Crippen molar-refractivity contribution in [1.29, 1.82) is 0 Å². The van der Waals surface area contributed by atoms with Gasteiger partial charge >= 0.3 is 0 Å². The maximum absolute atomic E-state index is 11.2. The highest BCUT2D eigenvalue weighted by molar-refractivity contribution is 7.19. The zero-order valence-corrected chi connectivity index (χ0v) is 16.1. The molecule has 0 spiro atoms. The van der Waals surface area contributed by atoms with Gasteiger partial charge in [0, 0.05) is 22.8 Å². The number of aliphatic hydroxyl groups is 1. The second-order valence-electron chi connectivity index (χ2n) is 5.98. The highest BCUT2D eigenvalue weighted by Gasteiger charge is 2.22. The van der Waals surface area contributed by atoms with Crippen LogP contribution in [0.1, 0.15) is 17.2 Å². The number of aromatic amines is 1. The molecule has 3 aromatic heterocycles. The Hall–Kier alpha value is -3.23. The highest BCUT2D eigenvalue weighted by atomic mass is 32.1. The topological polar surface area (TPSA) is 93.1 Å². The molecule has 8 heteroatoms. The largest absolute Gasteiger partial charge is 0.493 e. The number of thiophene rings is 1. The molecule has 2 N–H and O–H groups in total. The highest BCUT2D eigenvalue weighted by Crippen LogP contribution is 2.42. The number of pyridine rings is 1. The number of hydrogen-bond acceptors (Lipinski definition) is 7. The van der Waals surface area contributed by atoms with Crippen LogP contribution in [0.3, 0.4) is 0 Å². The van der Waals surface area contributed by atoms with Crippen LogP contribution in [0.2, 0.25) is 0 Å². The third-order valence-corrected chi connectivity index (χ3v) is 5.58. The minimum Gasteiger partial charge on any atom is -0.493 e. The Balaban J connectivity index is 1.81. The SMILES string of the molecule is COc1ccc(C(O)c2cc(-c3ccncc3)sc2-c2ncn[nH]2)cc1OC. The van der Waals surface area contributed by atoms with Gasteiger partial charge in [0.2, 0.25) is 0 Å². The van der Waals surface area contributed by atoms with E-state index in [4.69, 9.17) is 9.47 Å². The van der Waals surface area contributed by atoms with E-state index in [0.29, 0.717) is 22.9 Å². The number of nitrogens with zero attached hydrogens (tertiary/aromatic N) is 3. The minimum atomic E-state index is -0.869. The van der Waals surface area contributed by atoms with Gasteiger partial charge in [0.1, 0.15) is 12.4 Å². The Bertz CT molecular complexity index is 1060. The van der Waals surface area contributed by atoms with Crippen LogP contribution in [-0.4, -0.2) is 39.5 Å². The molecule has 0 radical (unpaired) electrons. The average molecular weight is 394 g/mol. The monoisotopic (exact) mass is 394 g/mol. The lowest BCUT2D eigenvalue weighted by atomic mass is 10.0. The average Bonchev–Trinajstić information content (AvgIpc) is 3.43. The van der Waals surface area contributed by atoms with Crippen molar-refractivity contribution < 1.29 is 14.6 Å². The summed E-state index contributed by atoms with van der Waals surface area (Å²) in [6, 6.07) is 11.2. The van der Waals surface area contributed by atoms with Crippen LogP contribution in [0.15, 0.2) is 55.1 Å². The van der Waals surface area contributed by atoms with Crippen molar-refractivity contribution in [2.24, 2.45) is 0 Å². The summed E-state index contributed by atoms with van der Waals surface area (Å²) in [5.41, 5.74) is 2.45. The lowest BCUT2D eigenvalue weighted by Crippen LogP contribution is -2.01. The molecule has 4 rings (SSSR count). The van der Waals surface area contributed by atoms with Crippen molar-refractivity contribution in [1.82, 2.24) is 20.2 Å². The molecule has 1 unspecified atom stereocenters. The zero-order valence-electron chi connectivity index (χ0n) is 15.3. The number of hydrogen-bond donors (Lipinski definition) is 2. The molecule has 0 amide bonds. The molecule has 1 atom stereocenters. The molecule has 7 nitrogen and oxygen atoms in total. The van der Waals surface area contributed by atoms with Gasteiger partial charge in [0.25, 0.3) is 0 Å². The second-order valence-corrected chi connectivity index (χ2v) is 7.03. The molecule has 0 aliphatic carbocycles. The maximum Gasteiger partial charge on any atom is 0.165 e. The van der Waals surface area contributed by atoms with Crippen LogP contribution in [0, 0.1) is 0 Å². The van der Waals surface area contributed by atoms with E-state index in [1.54, 1.807) is 38.7 Å². The maximum atomic E-state index is 11.2. The van der Waals surface area contributed by atoms with Crippen LogP contribution in [0.4, 0.5) is 0 Å². The first-order valence-corrected chi connectivity index (χ1v) is 9.32. The van der Waals surface area contributed by atoms with Gasteiger partial charge in [-0.25, -0.2) is 4.98 Å². The second kappa shape index (κ2) is 7.79. The molecule has 0 aliphatic rings. The zero-order chi connectivity index (χ0) is 19.5. The summed E-state index contributed by atoms with van der Waals surface area (Å²) in [6.45, 7) is 0. The van der Waals surface area contributed by atoms with E-state index in [9.17, 15) is 5.11 Å². The van der Waals surface area contributed by atoms with Crippen LogP contribution >= 0.6 is 11.3 Å². The summed E-state index contributed by atoms with van der Waals surface area (Å²) in [4.78, 5) is 10.2.